The Morgan fingerprint density at radius 3 is 2.50 bits per heavy atom. The van der Waals surface area contributed by atoms with E-state index in [2.05, 4.69) is 10.6 Å². The van der Waals surface area contributed by atoms with Gasteiger partial charge in [0.1, 0.15) is 0 Å². The lowest BCUT2D eigenvalue weighted by Crippen LogP contribution is -2.43. The maximum Gasteiger partial charge on any atom is 0.239 e. The molecule has 1 atom stereocenters. The molecule has 1 amide bonds. The molecule has 4 heteroatoms. The second-order valence-electron chi connectivity index (χ2n) is 2.87. The van der Waals surface area contributed by atoms with Gasteiger partial charge in [0.15, 0.2) is 0 Å². The number of hydrogen-bond acceptors (Lipinski definition) is 3. The summed E-state index contributed by atoms with van der Waals surface area (Å²) in [7, 11) is 5.47. The number of likely N-dealkylation sites (N-methyl/N-ethyl adjacent to an activating group) is 3. The summed E-state index contributed by atoms with van der Waals surface area (Å²) in [5, 5.41) is 5.91. The number of nitrogens with zero attached hydrogens (tertiary/aromatic N) is 1. The highest BCUT2D eigenvalue weighted by molar-refractivity contribution is 5.81. The van der Waals surface area contributed by atoms with Gasteiger partial charge in [0.2, 0.25) is 5.91 Å². The van der Waals surface area contributed by atoms with E-state index in [1.54, 1.807) is 11.9 Å². The molecule has 0 aromatic rings. The molecule has 72 valence electrons. The van der Waals surface area contributed by atoms with Crippen LogP contribution in [0.3, 0.4) is 0 Å². The minimum absolute atomic E-state index is 0.0909. The van der Waals surface area contributed by atoms with E-state index in [0.29, 0.717) is 0 Å². The molecule has 0 aliphatic heterocycles. The Bertz CT molecular complexity index is 138. The third-order valence-corrected chi connectivity index (χ3v) is 1.88. The molecule has 0 aliphatic carbocycles. The third kappa shape index (κ3) is 3.69. The van der Waals surface area contributed by atoms with Crippen LogP contribution in [0.1, 0.15) is 6.92 Å². The number of rotatable bonds is 5. The molecule has 12 heavy (non-hydrogen) atoms. The van der Waals surface area contributed by atoms with E-state index in [9.17, 15) is 4.79 Å². The average Bonchev–Trinajstić information content (AvgIpc) is 2.11. The number of nitrogens with one attached hydrogen (secondary N) is 2. The van der Waals surface area contributed by atoms with Crippen LogP contribution in [0.5, 0.6) is 0 Å². The quantitative estimate of drug-likeness (QED) is 0.576. The number of amides is 1. The lowest BCUT2D eigenvalue weighted by Gasteiger charge is -2.20. The van der Waals surface area contributed by atoms with Gasteiger partial charge in [-0.1, -0.05) is 0 Å². The summed E-state index contributed by atoms with van der Waals surface area (Å²) < 4.78 is 0. The normalized spacial score (nSPS) is 12.7. The minimum atomic E-state index is -0.0909. The number of carbonyl (C=O) groups excluding carboxylic acids is 1. The van der Waals surface area contributed by atoms with E-state index in [0.717, 1.165) is 13.1 Å². The van der Waals surface area contributed by atoms with Gasteiger partial charge in [0.05, 0.1) is 6.04 Å². The van der Waals surface area contributed by atoms with E-state index in [-0.39, 0.29) is 11.9 Å². The Morgan fingerprint density at radius 1 is 1.50 bits per heavy atom. The van der Waals surface area contributed by atoms with Crippen molar-refractivity contribution in [1.82, 2.24) is 15.5 Å². The average molecular weight is 173 g/mol. The Hall–Kier alpha value is -0.610. The summed E-state index contributed by atoms with van der Waals surface area (Å²) in [6, 6.07) is -0.0909. The lowest BCUT2D eigenvalue weighted by atomic mass is 10.3. The van der Waals surface area contributed by atoms with E-state index in [1.165, 1.54) is 0 Å². The topological polar surface area (TPSA) is 44.4 Å². The van der Waals surface area contributed by atoms with Crippen LogP contribution in [0.2, 0.25) is 0 Å². The van der Waals surface area contributed by atoms with Crippen molar-refractivity contribution < 1.29 is 4.79 Å². The molecular weight excluding hydrogens is 154 g/mol. The van der Waals surface area contributed by atoms with Crippen molar-refractivity contribution in [3.63, 3.8) is 0 Å². The molecule has 0 bridgehead atoms. The molecule has 0 saturated carbocycles. The van der Waals surface area contributed by atoms with Gasteiger partial charge < -0.3 is 15.5 Å². The zero-order valence-corrected chi connectivity index (χ0v) is 8.35. The smallest absolute Gasteiger partial charge is 0.239 e. The van der Waals surface area contributed by atoms with Gasteiger partial charge in [-0.05, 0) is 21.0 Å². The summed E-state index contributed by atoms with van der Waals surface area (Å²) in [6.07, 6.45) is 0. The van der Waals surface area contributed by atoms with Crippen LogP contribution in [0.15, 0.2) is 0 Å². The monoisotopic (exact) mass is 173 g/mol. The van der Waals surface area contributed by atoms with Crippen LogP contribution in [-0.4, -0.2) is 51.1 Å². The zero-order valence-electron chi connectivity index (χ0n) is 8.35. The molecule has 4 nitrogen and oxygen atoms in total. The second kappa shape index (κ2) is 5.97. The van der Waals surface area contributed by atoms with Crippen molar-refractivity contribution in [3.8, 4) is 0 Å². The molecule has 0 aromatic carbocycles. The molecule has 0 rings (SSSR count). The van der Waals surface area contributed by atoms with Crippen LogP contribution in [0.4, 0.5) is 0 Å². The first kappa shape index (κ1) is 11.4. The van der Waals surface area contributed by atoms with E-state index in [4.69, 9.17) is 0 Å². The first-order valence-electron chi connectivity index (χ1n) is 4.20. The summed E-state index contributed by atoms with van der Waals surface area (Å²) in [4.78, 5) is 13.1. The molecule has 0 radical (unpaired) electrons. The van der Waals surface area contributed by atoms with Crippen molar-refractivity contribution >= 4 is 5.91 Å². The van der Waals surface area contributed by atoms with Crippen molar-refractivity contribution in [2.45, 2.75) is 13.0 Å². The second-order valence-corrected chi connectivity index (χ2v) is 2.87. The van der Waals surface area contributed by atoms with Gasteiger partial charge in [-0.2, -0.15) is 0 Å². The minimum Gasteiger partial charge on any atom is -0.343 e. The summed E-state index contributed by atoms with van der Waals surface area (Å²) >= 11 is 0. The van der Waals surface area contributed by atoms with Gasteiger partial charge in [-0.25, -0.2) is 0 Å². The maximum absolute atomic E-state index is 11.4. The van der Waals surface area contributed by atoms with Gasteiger partial charge >= 0.3 is 0 Å². The van der Waals surface area contributed by atoms with Gasteiger partial charge in [0, 0.05) is 20.1 Å². The first-order valence-corrected chi connectivity index (χ1v) is 4.20. The van der Waals surface area contributed by atoms with Gasteiger partial charge in [-0.3, -0.25) is 4.79 Å². The fraction of sp³-hybridized carbons (Fsp3) is 0.875. The third-order valence-electron chi connectivity index (χ3n) is 1.88. The SMILES string of the molecule is CNCCN(C)C(=O)C(C)NC. The molecule has 0 saturated heterocycles. The summed E-state index contributed by atoms with van der Waals surface area (Å²) in [5.74, 6) is 0.132. The highest BCUT2D eigenvalue weighted by Crippen LogP contribution is 1.89. The van der Waals surface area contributed by atoms with Crippen LogP contribution < -0.4 is 10.6 Å². The molecule has 0 heterocycles. The number of carbonyl (C=O) groups is 1. The molecule has 2 N–H and O–H groups in total. The fourth-order valence-corrected chi connectivity index (χ4v) is 0.844. The summed E-state index contributed by atoms with van der Waals surface area (Å²) in [6.45, 7) is 3.44. The highest BCUT2D eigenvalue weighted by Gasteiger charge is 2.14. The van der Waals surface area contributed by atoms with Crippen molar-refractivity contribution in [2.75, 3.05) is 34.2 Å². The van der Waals surface area contributed by atoms with Crippen LogP contribution in [0, 0.1) is 0 Å². The number of hydrogen-bond donors (Lipinski definition) is 2. The lowest BCUT2D eigenvalue weighted by molar-refractivity contribution is -0.131. The van der Waals surface area contributed by atoms with E-state index in [1.807, 2.05) is 21.0 Å². The van der Waals surface area contributed by atoms with Crippen LogP contribution >= 0.6 is 0 Å². The molecular formula is C8H19N3O. The van der Waals surface area contributed by atoms with Crippen molar-refractivity contribution in [2.24, 2.45) is 0 Å². The maximum atomic E-state index is 11.4. The van der Waals surface area contributed by atoms with E-state index >= 15 is 0 Å². The largest absolute Gasteiger partial charge is 0.343 e. The molecule has 0 aliphatic rings. The molecule has 0 aromatic heterocycles. The Morgan fingerprint density at radius 2 is 2.08 bits per heavy atom. The molecule has 0 spiro atoms. The standard InChI is InChI=1S/C8H19N3O/c1-7(10-3)8(12)11(4)6-5-9-2/h7,9-10H,5-6H2,1-4H3. The van der Waals surface area contributed by atoms with Crippen molar-refractivity contribution in [1.29, 1.82) is 0 Å². The zero-order chi connectivity index (χ0) is 9.56. The fourth-order valence-electron chi connectivity index (χ4n) is 0.844. The Labute approximate surface area is 74.3 Å². The van der Waals surface area contributed by atoms with E-state index < -0.39 is 0 Å². The Balaban J connectivity index is 3.75. The molecule has 0 fully saturated rings. The van der Waals surface area contributed by atoms with Gasteiger partial charge in [0.25, 0.3) is 0 Å². The van der Waals surface area contributed by atoms with Crippen molar-refractivity contribution in [3.05, 3.63) is 0 Å². The molecule has 1 unspecified atom stereocenters. The Kier molecular flexibility index (Phi) is 5.66. The van der Waals surface area contributed by atoms with Gasteiger partial charge in [-0.15, -0.1) is 0 Å². The van der Waals surface area contributed by atoms with Crippen LogP contribution in [0.25, 0.3) is 0 Å². The summed E-state index contributed by atoms with van der Waals surface area (Å²) in [5.41, 5.74) is 0. The predicted molar refractivity (Wildman–Crippen MR) is 50.1 cm³/mol. The van der Waals surface area contributed by atoms with Crippen LogP contribution in [-0.2, 0) is 4.79 Å². The first-order chi connectivity index (χ1) is 5.63. The highest BCUT2D eigenvalue weighted by atomic mass is 16.2. The predicted octanol–water partition coefficient (Wildman–Crippen LogP) is -0.728.